The van der Waals surface area contributed by atoms with E-state index in [1.165, 1.54) is 16.9 Å². The number of halogens is 1. The molecule has 2 aliphatic rings. The lowest BCUT2D eigenvalue weighted by molar-refractivity contribution is 0.0984. The Morgan fingerprint density at radius 3 is 2.60 bits per heavy atom. The first-order valence-electron chi connectivity index (χ1n) is 14.9. The summed E-state index contributed by atoms with van der Waals surface area (Å²) in [4.78, 5) is 16.8. The fourth-order valence-electron chi connectivity index (χ4n) is 5.82. The number of nitrogen functional groups attached to an aromatic ring is 1. The van der Waals surface area contributed by atoms with Crippen LogP contribution in [0.1, 0.15) is 58.8 Å². The number of benzene rings is 3. The van der Waals surface area contributed by atoms with Crippen LogP contribution in [0.4, 0.5) is 15.9 Å². The van der Waals surface area contributed by atoms with Crippen LogP contribution in [0.25, 0.3) is 16.6 Å². The molecule has 0 unspecified atom stereocenters. The highest BCUT2D eigenvalue weighted by Gasteiger charge is 2.32. The first-order valence-corrected chi connectivity index (χ1v) is 16.4. The van der Waals surface area contributed by atoms with Gasteiger partial charge in [-0.1, -0.05) is 12.1 Å². The molecule has 3 heterocycles. The fourth-order valence-corrected chi connectivity index (χ4v) is 7.28. The second-order valence-corrected chi connectivity index (χ2v) is 13.6. The molecule has 5 aromatic rings. The minimum absolute atomic E-state index is 0.113. The van der Waals surface area contributed by atoms with Crippen LogP contribution >= 0.6 is 0 Å². The number of nitrogens with zero attached hydrogens (tertiary/aromatic N) is 2. The minimum Gasteiger partial charge on any atom is -0.454 e. The molecule has 0 atom stereocenters. The number of carbonyl (C=O) groups excluding carboxylic acids is 1. The molecule has 1 aliphatic carbocycles. The molecule has 1 aliphatic heterocycles. The standard InChI is InChI=1S/C33H32FN5O5S/c1-19-14-22(44-31-5-3-2-4-26(31)34)8-9-30(19)39-33(35)25(18-36-39)32(40)29-16-21-15-24(20-6-7-20)28(17-27(21)37-29)38-45(41,42)23-10-12-43-13-11-23/h2-5,8-9,14-18,20,23,37-38H,6-7,10-13,35H2,1H3. The van der Waals surface area contributed by atoms with Gasteiger partial charge in [-0.25, -0.2) is 17.5 Å². The maximum absolute atomic E-state index is 14.1. The van der Waals surface area contributed by atoms with Crippen molar-refractivity contribution in [1.29, 1.82) is 0 Å². The summed E-state index contributed by atoms with van der Waals surface area (Å²) in [5, 5.41) is 4.69. The predicted molar refractivity (Wildman–Crippen MR) is 169 cm³/mol. The van der Waals surface area contributed by atoms with Crippen molar-refractivity contribution >= 4 is 38.2 Å². The number of nitrogens with one attached hydrogen (secondary N) is 2. The van der Waals surface area contributed by atoms with Gasteiger partial charge in [0.05, 0.1) is 34.1 Å². The van der Waals surface area contributed by atoms with Crippen LogP contribution < -0.4 is 15.2 Å². The zero-order valence-corrected chi connectivity index (χ0v) is 25.4. The van der Waals surface area contributed by atoms with Gasteiger partial charge in [0.2, 0.25) is 15.8 Å². The Labute approximate surface area is 259 Å². The van der Waals surface area contributed by atoms with Crippen molar-refractivity contribution in [2.75, 3.05) is 23.7 Å². The summed E-state index contributed by atoms with van der Waals surface area (Å²) in [5.74, 6) is 0.185. The Bertz CT molecular complexity index is 2040. The highest BCUT2D eigenvalue weighted by Crippen LogP contribution is 2.45. The Kier molecular flexibility index (Phi) is 7.33. The third-order valence-corrected chi connectivity index (χ3v) is 10.3. The third-order valence-electron chi connectivity index (χ3n) is 8.42. The van der Waals surface area contributed by atoms with E-state index in [4.69, 9.17) is 15.2 Å². The smallest absolute Gasteiger partial charge is 0.235 e. The average molecular weight is 630 g/mol. The van der Waals surface area contributed by atoms with Crippen molar-refractivity contribution in [3.63, 3.8) is 0 Å². The number of aromatic nitrogens is 3. The number of nitrogens with two attached hydrogens (primary N) is 1. The minimum atomic E-state index is -3.60. The number of fused-ring (bicyclic) bond motifs is 1. The van der Waals surface area contributed by atoms with Crippen molar-refractivity contribution in [3.8, 4) is 17.2 Å². The topological polar surface area (TPSA) is 141 Å². The molecule has 2 aromatic heterocycles. The summed E-state index contributed by atoms with van der Waals surface area (Å²) in [6, 6.07) is 16.8. The normalized spacial score (nSPS) is 15.8. The molecule has 0 amide bonds. The molecule has 12 heteroatoms. The van der Waals surface area contributed by atoms with Gasteiger partial charge < -0.3 is 20.2 Å². The molecule has 4 N–H and O–H groups in total. The lowest BCUT2D eigenvalue weighted by atomic mass is 10.1. The van der Waals surface area contributed by atoms with Gasteiger partial charge >= 0.3 is 0 Å². The summed E-state index contributed by atoms with van der Waals surface area (Å²) >= 11 is 0. The van der Waals surface area contributed by atoms with Gasteiger partial charge in [-0.05, 0) is 98.2 Å². The van der Waals surface area contributed by atoms with E-state index in [2.05, 4.69) is 14.8 Å². The Balaban J connectivity index is 1.15. The summed E-state index contributed by atoms with van der Waals surface area (Å²) in [5.41, 5.74) is 10.5. The lowest BCUT2D eigenvalue weighted by Gasteiger charge is -2.23. The molecule has 2 fully saturated rings. The van der Waals surface area contributed by atoms with E-state index in [-0.39, 0.29) is 28.8 Å². The van der Waals surface area contributed by atoms with Crippen LogP contribution in [0.3, 0.4) is 0 Å². The number of anilines is 2. The monoisotopic (exact) mass is 629 g/mol. The van der Waals surface area contributed by atoms with E-state index in [0.29, 0.717) is 54.4 Å². The van der Waals surface area contributed by atoms with E-state index < -0.39 is 21.1 Å². The highest BCUT2D eigenvalue weighted by atomic mass is 32.2. The maximum atomic E-state index is 14.1. The molecular formula is C33H32FN5O5S. The highest BCUT2D eigenvalue weighted by molar-refractivity contribution is 7.93. The van der Waals surface area contributed by atoms with Gasteiger partial charge in [0.15, 0.2) is 11.6 Å². The Morgan fingerprint density at radius 1 is 1.09 bits per heavy atom. The van der Waals surface area contributed by atoms with Gasteiger partial charge in [0, 0.05) is 24.1 Å². The molecule has 0 bridgehead atoms. The fraction of sp³-hybridized carbons (Fsp3) is 0.273. The number of hydrogen-bond acceptors (Lipinski definition) is 7. The van der Waals surface area contributed by atoms with Crippen molar-refractivity contribution in [1.82, 2.24) is 14.8 Å². The van der Waals surface area contributed by atoms with Crippen LogP contribution in [0, 0.1) is 12.7 Å². The molecule has 7 rings (SSSR count). The number of sulfonamides is 1. The zero-order valence-electron chi connectivity index (χ0n) is 24.5. The van der Waals surface area contributed by atoms with Crippen molar-refractivity contribution in [2.45, 2.75) is 43.8 Å². The van der Waals surface area contributed by atoms with Gasteiger partial charge in [-0.3, -0.25) is 9.52 Å². The second kappa shape index (κ2) is 11.4. The first kappa shape index (κ1) is 29.1. The van der Waals surface area contributed by atoms with Gasteiger partial charge in [0.1, 0.15) is 11.6 Å². The molecule has 232 valence electrons. The quantitative estimate of drug-likeness (QED) is 0.165. The van der Waals surface area contributed by atoms with Crippen LogP contribution in [0.15, 0.2) is 66.9 Å². The molecule has 1 saturated heterocycles. The van der Waals surface area contributed by atoms with E-state index in [1.54, 1.807) is 48.5 Å². The molecule has 0 radical (unpaired) electrons. The van der Waals surface area contributed by atoms with Gasteiger partial charge in [-0.15, -0.1) is 0 Å². The zero-order chi connectivity index (χ0) is 31.3. The average Bonchev–Trinajstić information content (AvgIpc) is 3.68. The number of rotatable bonds is 9. The number of H-pyrrole nitrogens is 1. The van der Waals surface area contributed by atoms with Gasteiger partial charge in [-0.2, -0.15) is 5.10 Å². The number of para-hydroxylation sites is 1. The van der Waals surface area contributed by atoms with E-state index >= 15 is 0 Å². The number of ether oxygens (including phenoxy) is 2. The molecule has 45 heavy (non-hydrogen) atoms. The molecule has 3 aromatic carbocycles. The SMILES string of the molecule is Cc1cc(Oc2ccccc2F)ccc1-n1ncc(C(=O)c2cc3cc(C4CC4)c(NS(=O)(=O)C4CCOCC4)cc3[nH]2)c1N. The number of ketones is 1. The number of aryl methyl sites for hydroxylation is 1. The first-order chi connectivity index (χ1) is 21.7. The van der Waals surface area contributed by atoms with Crippen molar-refractivity contribution < 1.29 is 27.1 Å². The van der Waals surface area contributed by atoms with Crippen molar-refractivity contribution in [3.05, 3.63) is 95.1 Å². The second-order valence-electron chi connectivity index (χ2n) is 11.6. The van der Waals surface area contributed by atoms with Gasteiger partial charge in [0.25, 0.3) is 0 Å². The number of aromatic amines is 1. The van der Waals surface area contributed by atoms with Crippen LogP contribution in [-0.2, 0) is 14.8 Å². The largest absolute Gasteiger partial charge is 0.454 e. The van der Waals surface area contributed by atoms with Crippen LogP contribution in [-0.4, -0.2) is 47.4 Å². The maximum Gasteiger partial charge on any atom is 0.235 e. The Morgan fingerprint density at radius 2 is 1.87 bits per heavy atom. The van der Waals surface area contributed by atoms with Crippen molar-refractivity contribution in [2.24, 2.45) is 0 Å². The van der Waals surface area contributed by atoms with Crippen LogP contribution in [0.2, 0.25) is 0 Å². The lowest BCUT2D eigenvalue weighted by Crippen LogP contribution is -2.33. The predicted octanol–water partition coefficient (Wildman–Crippen LogP) is 6.20. The third kappa shape index (κ3) is 5.67. The van der Waals surface area contributed by atoms with E-state index in [1.807, 2.05) is 13.0 Å². The molecule has 1 saturated carbocycles. The summed E-state index contributed by atoms with van der Waals surface area (Å²) in [6.07, 6.45) is 4.31. The molecular weight excluding hydrogens is 597 g/mol. The number of carbonyl (C=O) groups is 1. The summed E-state index contributed by atoms with van der Waals surface area (Å²) in [7, 11) is -3.60. The Hall–Kier alpha value is -4.68. The summed E-state index contributed by atoms with van der Waals surface area (Å²) in [6.45, 7) is 2.70. The van der Waals surface area contributed by atoms with Crippen LogP contribution in [0.5, 0.6) is 11.5 Å². The summed E-state index contributed by atoms with van der Waals surface area (Å²) < 4.78 is 55.8. The van der Waals surface area contributed by atoms with E-state index in [9.17, 15) is 17.6 Å². The van der Waals surface area contributed by atoms with E-state index in [0.717, 1.165) is 29.4 Å². The molecule has 0 spiro atoms. The molecule has 10 nitrogen and oxygen atoms in total. The number of hydrogen-bond donors (Lipinski definition) is 3.